The third kappa shape index (κ3) is 4.05. The topological polar surface area (TPSA) is 28.2 Å². The molecule has 2 aromatic heterocycles. The molecule has 0 bridgehead atoms. The Labute approximate surface area is 138 Å². The Kier molecular flexibility index (Phi) is 4.62. The van der Waals surface area contributed by atoms with Crippen LogP contribution in [0.5, 0.6) is 0 Å². The molecule has 0 aliphatic heterocycles. The fraction of sp³-hybridized carbons (Fsp3) is 0.438. The van der Waals surface area contributed by atoms with Gasteiger partial charge < -0.3 is 10.2 Å². The summed E-state index contributed by atoms with van der Waals surface area (Å²) in [4.78, 5) is 8.29. The molecule has 0 amide bonds. The minimum Gasteiger partial charge on any atom is -0.355 e. The van der Waals surface area contributed by atoms with E-state index in [1.807, 2.05) is 0 Å². The molecule has 0 saturated heterocycles. The molecule has 1 saturated carbocycles. The molecule has 0 spiro atoms. The second kappa shape index (κ2) is 6.46. The summed E-state index contributed by atoms with van der Waals surface area (Å²) in [7, 11) is 2.09. The zero-order valence-electron chi connectivity index (χ0n) is 12.4. The van der Waals surface area contributed by atoms with Crippen LogP contribution in [0.25, 0.3) is 0 Å². The summed E-state index contributed by atoms with van der Waals surface area (Å²) in [5.41, 5.74) is 2.43. The van der Waals surface area contributed by atoms with Crippen LogP contribution in [0.4, 0.5) is 5.82 Å². The number of aromatic nitrogens is 1. The third-order valence-corrected chi connectivity index (χ3v) is 5.43. The maximum Gasteiger partial charge on any atom is 0.128 e. The molecule has 5 heteroatoms. The first-order valence-corrected chi connectivity index (χ1v) is 8.93. The summed E-state index contributed by atoms with van der Waals surface area (Å²) in [6.07, 6.45) is 2.65. The lowest BCUT2D eigenvalue weighted by Crippen LogP contribution is -2.19. The first-order valence-electron chi connectivity index (χ1n) is 7.26. The lowest BCUT2D eigenvalue weighted by molar-refractivity contribution is 0.682. The predicted octanol–water partition coefficient (Wildman–Crippen LogP) is 4.10. The maximum absolute atomic E-state index is 4.75. The molecule has 0 unspecified atom stereocenters. The maximum atomic E-state index is 4.75. The van der Waals surface area contributed by atoms with E-state index in [1.54, 1.807) is 11.3 Å². The molecule has 0 aromatic carbocycles. The molecule has 2 aromatic rings. The number of nitrogens with zero attached hydrogens (tertiary/aromatic N) is 2. The van der Waals surface area contributed by atoms with Gasteiger partial charge in [0.15, 0.2) is 0 Å². The van der Waals surface area contributed by atoms with Gasteiger partial charge in [-0.25, -0.2) is 4.98 Å². The van der Waals surface area contributed by atoms with E-state index < -0.39 is 0 Å². The summed E-state index contributed by atoms with van der Waals surface area (Å²) in [5, 5.41) is 5.67. The molecular formula is C16H20BrN3S. The van der Waals surface area contributed by atoms with Gasteiger partial charge in [0.2, 0.25) is 0 Å². The highest BCUT2D eigenvalue weighted by molar-refractivity contribution is 9.10. The van der Waals surface area contributed by atoms with Gasteiger partial charge >= 0.3 is 0 Å². The van der Waals surface area contributed by atoms with Gasteiger partial charge in [0.05, 0.1) is 6.54 Å². The molecule has 1 N–H and O–H groups in total. The van der Waals surface area contributed by atoms with Crippen LogP contribution in [0.2, 0.25) is 0 Å². The summed E-state index contributed by atoms with van der Waals surface area (Å²) in [6.45, 7) is 3.93. The Morgan fingerprint density at radius 3 is 2.86 bits per heavy atom. The molecule has 1 fully saturated rings. The lowest BCUT2D eigenvalue weighted by atomic mass is 10.2. The van der Waals surface area contributed by atoms with E-state index in [9.17, 15) is 0 Å². The van der Waals surface area contributed by atoms with Gasteiger partial charge in [-0.3, -0.25) is 0 Å². The van der Waals surface area contributed by atoms with Crippen LogP contribution in [0.1, 0.15) is 29.0 Å². The standard InChI is InChI=1S/C16H20BrN3S/c1-11-12(8-18-14-4-5-14)3-6-16(19-11)20(2)9-15-7-13(17)10-21-15/h3,6-7,10,14,18H,4-5,8-9H2,1-2H3. The summed E-state index contributed by atoms with van der Waals surface area (Å²) >= 11 is 5.27. The largest absolute Gasteiger partial charge is 0.355 e. The van der Waals surface area contributed by atoms with Crippen LogP contribution in [0, 0.1) is 6.92 Å². The average Bonchev–Trinajstić information content (AvgIpc) is 3.20. The van der Waals surface area contributed by atoms with Crippen LogP contribution in [0.3, 0.4) is 0 Å². The van der Waals surface area contributed by atoms with Crippen molar-refractivity contribution in [2.24, 2.45) is 0 Å². The highest BCUT2D eigenvalue weighted by Crippen LogP contribution is 2.23. The highest BCUT2D eigenvalue weighted by Gasteiger charge is 2.20. The van der Waals surface area contributed by atoms with Gasteiger partial charge in [-0.2, -0.15) is 0 Å². The first kappa shape index (κ1) is 15.0. The van der Waals surface area contributed by atoms with Crippen molar-refractivity contribution in [3.63, 3.8) is 0 Å². The number of halogens is 1. The van der Waals surface area contributed by atoms with E-state index in [0.717, 1.165) is 35.1 Å². The van der Waals surface area contributed by atoms with Crippen molar-refractivity contribution in [2.75, 3.05) is 11.9 Å². The predicted molar refractivity (Wildman–Crippen MR) is 93.0 cm³/mol. The van der Waals surface area contributed by atoms with E-state index in [0.29, 0.717) is 0 Å². The monoisotopic (exact) mass is 365 g/mol. The van der Waals surface area contributed by atoms with Crippen molar-refractivity contribution in [2.45, 2.75) is 38.9 Å². The molecule has 0 atom stereocenters. The summed E-state index contributed by atoms with van der Waals surface area (Å²) in [6, 6.07) is 7.24. The van der Waals surface area contributed by atoms with Gasteiger partial charge in [-0.15, -0.1) is 11.3 Å². The van der Waals surface area contributed by atoms with Gasteiger partial charge in [0.1, 0.15) is 5.82 Å². The Morgan fingerprint density at radius 1 is 1.43 bits per heavy atom. The van der Waals surface area contributed by atoms with Crippen molar-refractivity contribution in [3.8, 4) is 0 Å². The zero-order chi connectivity index (χ0) is 14.8. The van der Waals surface area contributed by atoms with Crippen molar-refractivity contribution >= 4 is 33.1 Å². The van der Waals surface area contributed by atoms with E-state index in [-0.39, 0.29) is 0 Å². The van der Waals surface area contributed by atoms with Crippen LogP contribution in [0.15, 0.2) is 28.1 Å². The number of anilines is 1. The Morgan fingerprint density at radius 2 is 2.24 bits per heavy atom. The second-order valence-electron chi connectivity index (χ2n) is 5.66. The SMILES string of the molecule is Cc1nc(N(C)Cc2cc(Br)cs2)ccc1CNC1CC1. The number of hydrogen-bond donors (Lipinski definition) is 1. The van der Waals surface area contributed by atoms with Crippen LogP contribution < -0.4 is 10.2 Å². The van der Waals surface area contributed by atoms with Gasteiger partial charge in [0, 0.05) is 40.1 Å². The molecule has 112 valence electrons. The molecule has 3 nitrogen and oxygen atoms in total. The summed E-state index contributed by atoms with van der Waals surface area (Å²) < 4.78 is 1.15. The highest BCUT2D eigenvalue weighted by atomic mass is 79.9. The van der Waals surface area contributed by atoms with Crippen molar-refractivity contribution < 1.29 is 0 Å². The zero-order valence-corrected chi connectivity index (χ0v) is 14.8. The van der Waals surface area contributed by atoms with E-state index in [2.05, 4.69) is 63.7 Å². The fourth-order valence-electron chi connectivity index (χ4n) is 2.27. The first-order chi connectivity index (χ1) is 10.1. The average molecular weight is 366 g/mol. The van der Waals surface area contributed by atoms with Gasteiger partial charge in [0.25, 0.3) is 0 Å². The van der Waals surface area contributed by atoms with Crippen LogP contribution in [-0.4, -0.2) is 18.1 Å². The quantitative estimate of drug-likeness (QED) is 0.834. The normalized spacial score (nSPS) is 14.4. The van der Waals surface area contributed by atoms with E-state index >= 15 is 0 Å². The van der Waals surface area contributed by atoms with Gasteiger partial charge in [-0.1, -0.05) is 6.07 Å². The summed E-state index contributed by atoms with van der Waals surface area (Å²) in [5.74, 6) is 1.03. The van der Waals surface area contributed by atoms with Crippen LogP contribution in [-0.2, 0) is 13.1 Å². The Balaban J connectivity index is 1.65. The van der Waals surface area contributed by atoms with E-state index in [1.165, 1.54) is 23.3 Å². The van der Waals surface area contributed by atoms with Crippen LogP contribution >= 0.6 is 27.3 Å². The molecule has 3 rings (SSSR count). The molecule has 2 heterocycles. The number of aryl methyl sites for hydroxylation is 1. The number of pyridine rings is 1. The van der Waals surface area contributed by atoms with Crippen molar-refractivity contribution in [1.29, 1.82) is 0 Å². The van der Waals surface area contributed by atoms with Crippen molar-refractivity contribution in [1.82, 2.24) is 10.3 Å². The number of rotatable bonds is 6. The molecule has 21 heavy (non-hydrogen) atoms. The Hall–Kier alpha value is -0.910. The van der Waals surface area contributed by atoms with Gasteiger partial charge in [-0.05, 0) is 53.4 Å². The molecular weight excluding hydrogens is 346 g/mol. The smallest absolute Gasteiger partial charge is 0.128 e. The Bertz CT molecular complexity index is 622. The number of thiophene rings is 1. The second-order valence-corrected chi connectivity index (χ2v) is 7.57. The number of hydrogen-bond acceptors (Lipinski definition) is 4. The molecule has 0 radical (unpaired) electrons. The number of nitrogens with one attached hydrogen (secondary N) is 1. The third-order valence-electron chi connectivity index (χ3n) is 3.74. The fourth-order valence-corrected chi connectivity index (χ4v) is 3.77. The minimum atomic E-state index is 0.740. The van der Waals surface area contributed by atoms with Crippen molar-refractivity contribution in [3.05, 3.63) is 44.2 Å². The minimum absolute atomic E-state index is 0.740. The lowest BCUT2D eigenvalue weighted by Gasteiger charge is -2.18. The molecule has 1 aliphatic carbocycles. The molecule has 1 aliphatic rings. The van der Waals surface area contributed by atoms with E-state index in [4.69, 9.17) is 4.98 Å².